The molecule has 0 saturated heterocycles. The molecule has 74 valence electrons. The molecule has 0 bridgehead atoms. The van der Waals surface area contributed by atoms with Crippen molar-refractivity contribution in [1.29, 1.82) is 5.41 Å². The van der Waals surface area contributed by atoms with Crippen LogP contribution in [-0.4, -0.2) is 12.9 Å². The van der Waals surface area contributed by atoms with Crippen molar-refractivity contribution in [2.45, 2.75) is 0 Å². The van der Waals surface area contributed by atoms with E-state index in [1.54, 1.807) is 0 Å². The van der Waals surface area contributed by atoms with Crippen LogP contribution in [0, 0.1) is 5.41 Å². The maximum atomic E-state index is 7.12. The Labute approximate surface area is 90.0 Å². The van der Waals surface area contributed by atoms with Crippen LogP contribution in [0.15, 0.2) is 24.3 Å². The van der Waals surface area contributed by atoms with E-state index >= 15 is 0 Å². The number of hydrogen-bond acceptors (Lipinski definition) is 2. The highest BCUT2D eigenvalue weighted by atomic mass is 35.5. The van der Waals surface area contributed by atoms with Gasteiger partial charge in [0.25, 0.3) is 0 Å². The third-order valence-corrected chi connectivity index (χ3v) is 1.48. The maximum Gasteiger partial charge on any atom is 0.122 e. The van der Waals surface area contributed by atoms with Crippen LogP contribution in [0.25, 0.3) is 0 Å². The normalized spacial score (nSPS) is 7.77. The highest BCUT2D eigenvalue weighted by Gasteiger charge is 1.93. The molecule has 0 amide bonds. The van der Waals surface area contributed by atoms with E-state index in [2.05, 4.69) is 5.32 Å². The fourth-order valence-corrected chi connectivity index (χ4v) is 0.816. The number of halogens is 2. The summed E-state index contributed by atoms with van der Waals surface area (Å²) >= 11 is 0. The van der Waals surface area contributed by atoms with Crippen LogP contribution in [0.2, 0.25) is 0 Å². The third-order valence-electron chi connectivity index (χ3n) is 1.48. The lowest BCUT2D eigenvalue weighted by atomic mass is 10.2. The monoisotopic (exact) mass is 221 g/mol. The minimum atomic E-state index is 0. The molecule has 4 N–H and O–H groups in total. The maximum absolute atomic E-state index is 7.12. The van der Waals surface area contributed by atoms with Gasteiger partial charge in [-0.2, -0.15) is 0 Å². The third kappa shape index (κ3) is 4.01. The smallest absolute Gasteiger partial charge is 0.122 e. The van der Waals surface area contributed by atoms with Crippen molar-refractivity contribution in [3.63, 3.8) is 0 Å². The van der Waals surface area contributed by atoms with Gasteiger partial charge in [0.2, 0.25) is 0 Å². The Morgan fingerprint density at radius 1 is 1.23 bits per heavy atom. The van der Waals surface area contributed by atoms with Crippen molar-refractivity contribution < 1.29 is 0 Å². The first-order valence-corrected chi connectivity index (χ1v) is 3.36. The molecule has 0 aliphatic rings. The van der Waals surface area contributed by atoms with Crippen molar-refractivity contribution in [3.05, 3.63) is 29.8 Å². The SMILES string of the molecule is CNc1ccc(C(=N)N)cc1.Cl.Cl. The molecule has 0 aromatic heterocycles. The van der Waals surface area contributed by atoms with Gasteiger partial charge in [0.05, 0.1) is 0 Å². The van der Waals surface area contributed by atoms with Crippen LogP contribution < -0.4 is 11.1 Å². The van der Waals surface area contributed by atoms with E-state index in [9.17, 15) is 0 Å². The van der Waals surface area contributed by atoms with E-state index in [4.69, 9.17) is 11.1 Å². The summed E-state index contributed by atoms with van der Waals surface area (Å²) in [5.74, 6) is 0.104. The Bertz CT molecular complexity index is 259. The second kappa shape index (κ2) is 6.57. The van der Waals surface area contributed by atoms with Gasteiger partial charge in [-0.05, 0) is 24.3 Å². The van der Waals surface area contributed by atoms with E-state index in [0.29, 0.717) is 0 Å². The molecule has 0 radical (unpaired) electrons. The lowest BCUT2D eigenvalue weighted by Gasteiger charge is -2.00. The zero-order valence-corrected chi connectivity index (χ0v) is 8.84. The molecule has 1 aromatic carbocycles. The second-order valence-electron chi connectivity index (χ2n) is 2.24. The van der Waals surface area contributed by atoms with Gasteiger partial charge in [-0.25, -0.2) is 0 Å². The molecule has 0 saturated carbocycles. The quantitative estimate of drug-likeness (QED) is 0.528. The highest BCUT2D eigenvalue weighted by molar-refractivity contribution is 5.95. The lowest BCUT2D eigenvalue weighted by molar-refractivity contribution is 1.42. The molecule has 0 aliphatic heterocycles. The first-order valence-electron chi connectivity index (χ1n) is 3.36. The summed E-state index contributed by atoms with van der Waals surface area (Å²) < 4.78 is 0. The molecule has 0 unspecified atom stereocenters. The van der Waals surface area contributed by atoms with Crippen LogP contribution >= 0.6 is 24.8 Å². The summed E-state index contributed by atoms with van der Waals surface area (Å²) in [7, 11) is 1.85. The van der Waals surface area contributed by atoms with E-state index in [0.717, 1.165) is 11.3 Å². The number of hydrogen-bond donors (Lipinski definition) is 3. The standard InChI is InChI=1S/C8H11N3.2ClH/c1-11-7-4-2-6(3-5-7)8(9)10;;/h2-5,11H,1H3,(H3,9,10);2*1H. The van der Waals surface area contributed by atoms with Gasteiger partial charge >= 0.3 is 0 Å². The molecule has 13 heavy (non-hydrogen) atoms. The average Bonchev–Trinajstić information content (AvgIpc) is 2.05. The summed E-state index contributed by atoms with van der Waals surface area (Å²) in [6.45, 7) is 0. The molecule has 0 fully saturated rings. The van der Waals surface area contributed by atoms with Gasteiger partial charge in [0.1, 0.15) is 5.84 Å². The zero-order valence-electron chi connectivity index (χ0n) is 7.20. The van der Waals surface area contributed by atoms with Crippen LogP contribution in [0.1, 0.15) is 5.56 Å². The summed E-state index contributed by atoms with van der Waals surface area (Å²) in [6, 6.07) is 7.40. The van der Waals surface area contributed by atoms with Crippen molar-refractivity contribution in [3.8, 4) is 0 Å². The summed E-state index contributed by atoms with van der Waals surface area (Å²) in [5.41, 5.74) is 7.05. The Morgan fingerprint density at radius 2 is 1.69 bits per heavy atom. The van der Waals surface area contributed by atoms with Gasteiger partial charge in [0, 0.05) is 18.3 Å². The average molecular weight is 222 g/mol. The highest BCUT2D eigenvalue weighted by Crippen LogP contribution is 2.07. The number of benzene rings is 1. The fourth-order valence-electron chi connectivity index (χ4n) is 0.816. The summed E-state index contributed by atoms with van der Waals surface area (Å²) in [4.78, 5) is 0. The van der Waals surface area contributed by atoms with E-state index in [1.807, 2.05) is 31.3 Å². The van der Waals surface area contributed by atoms with Crippen LogP contribution in [-0.2, 0) is 0 Å². The molecule has 0 heterocycles. The van der Waals surface area contributed by atoms with E-state index in [1.165, 1.54) is 0 Å². The van der Waals surface area contributed by atoms with Crippen LogP contribution in [0.4, 0.5) is 5.69 Å². The first-order chi connectivity index (χ1) is 5.24. The first kappa shape index (κ1) is 14.6. The number of nitrogen functional groups attached to an aromatic ring is 1. The Kier molecular flexibility index (Phi) is 7.37. The van der Waals surface area contributed by atoms with Crippen molar-refractivity contribution in [2.75, 3.05) is 12.4 Å². The molecule has 0 aliphatic carbocycles. The van der Waals surface area contributed by atoms with Crippen LogP contribution in [0.3, 0.4) is 0 Å². The molecular weight excluding hydrogens is 209 g/mol. The Morgan fingerprint density at radius 3 is 2.00 bits per heavy atom. The van der Waals surface area contributed by atoms with Crippen molar-refractivity contribution >= 4 is 36.3 Å². The summed E-state index contributed by atoms with van der Waals surface area (Å²) in [6.07, 6.45) is 0. The predicted octanol–water partition coefficient (Wildman–Crippen LogP) is 1.86. The second-order valence-corrected chi connectivity index (χ2v) is 2.24. The summed E-state index contributed by atoms with van der Waals surface area (Å²) in [5, 5.41) is 10.1. The number of rotatable bonds is 2. The number of nitrogens with one attached hydrogen (secondary N) is 2. The number of anilines is 1. The topological polar surface area (TPSA) is 61.9 Å². The van der Waals surface area contributed by atoms with Crippen molar-refractivity contribution in [1.82, 2.24) is 0 Å². The minimum absolute atomic E-state index is 0. The van der Waals surface area contributed by atoms with Gasteiger partial charge < -0.3 is 11.1 Å². The molecule has 0 atom stereocenters. The Hall–Kier alpha value is -0.930. The lowest BCUT2D eigenvalue weighted by Crippen LogP contribution is -2.10. The molecule has 0 spiro atoms. The molecule has 3 nitrogen and oxygen atoms in total. The van der Waals surface area contributed by atoms with E-state index < -0.39 is 0 Å². The number of amidine groups is 1. The van der Waals surface area contributed by atoms with Gasteiger partial charge in [-0.15, -0.1) is 24.8 Å². The molecule has 1 aromatic rings. The fraction of sp³-hybridized carbons (Fsp3) is 0.125. The zero-order chi connectivity index (χ0) is 8.27. The molecular formula is C8H13Cl2N3. The molecule has 1 rings (SSSR count). The van der Waals surface area contributed by atoms with Gasteiger partial charge in [-0.1, -0.05) is 0 Å². The minimum Gasteiger partial charge on any atom is -0.388 e. The van der Waals surface area contributed by atoms with E-state index in [-0.39, 0.29) is 30.6 Å². The molecule has 5 heteroatoms. The largest absolute Gasteiger partial charge is 0.388 e. The van der Waals surface area contributed by atoms with Gasteiger partial charge in [-0.3, -0.25) is 5.41 Å². The van der Waals surface area contributed by atoms with Gasteiger partial charge in [0.15, 0.2) is 0 Å². The predicted molar refractivity (Wildman–Crippen MR) is 61.5 cm³/mol. The van der Waals surface area contributed by atoms with Crippen LogP contribution in [0.5, 0.6) is 0 Å². The number of nitrogens with two attached hydrogens (primary N) is 1. The van der Waals surface area contributed by atoms with Crippen molar-refractivity contribution in [2.24, 2.45) is 5.73 Å². The Balaban J connectivity index is 0.